The fourth-order valence-electron chi connectivity index (χ4n) is 1.78. The number of rotatable bonds is 3. The van der Waals surface area contributed by atoms with Crippen molar-refractivity contribution < 1.29 is 9.13 Å². The minimum Gasteiger partial charge on any atom is -0.489 e. The zero-order valence-corrected chi connectivity index (χ0v) is 11.3. The van der Waals surface area contributed by atoms with Gasteiger partial charge in [0, 0.05) is 5.56 Å². The number of benzene rings is 2. The van der Waals surface area contributed by atoms with Gasteiger partial charge in [0.25, 0.3) is 0 Å². The molecule has 0 fully saturated rings. The molecule has 0 amide bonds. The summed E-state index contributed by atoms with van der Waals surface area (Å²) >= 11 is 0. The highest BCUT2D eigenvalue weighted by Gasteiger charge is 2.02. The van der Waals surface area contributed by atoms with Gasteiger partial charge in [0.2, 0.25) is 0 Å². The molecule has 0 aliphatic carbocycles. The Morgan fingerprint density at radius 1 is 1.14 bits per heavy atom. The van der Waals surface area contributed by atoms with Crippen LogP contribution in [0.3, 0.4) is 0 Å². The molecule has 0 atom stereocenters. The maximum atomic E-state index is 13.3. The highest BCUT2D eigenvalue weighted by molar-refractivity contribution is 5.40. The van der Waals surface area contributed by atoms with E-state index in [9.17, 15) is 4.39 Å². The number of hydrogen-bond acceptors (Lipinski definition) is 3. The van der Waals surface area contributed by atoms with Gasteiger partial charge >= 0.3 is 0 Å². The van der Waals surface area contributed by atoms with E-state index in [1.54, 1.807) is 18.2 Å². The Balaban J connectivity index is 2.10. The standard InChI is InChI=1S/C17H13FN2O/c18-16-8-14(11-20)7-15(9-16)12-21-17-5-1-3-13(10-17)4-2-6-19/h1,3,5,7-10H,6,12,19H2. The van der Waals surface area contributed by atoms with Crippen LogP contribution in [-0.4, -0.2) is 6.54 Å². The highest BCUT2D eigenvalue weighted by atomic mass is 19.1. The van der Waals surface area contributed by atoms with E-state index >= 15 is 0 Å². The van der Waals surface area contributed by atoms with Crippen LogP contribution in [0.1, 0.15) is 16.7 Å². The van der Waals surface area contributed by atoms with Crippen LogP contribution in [0.5, 0.6) is 5.75 Å². The van der Waals surface area contributed by atoms with Crippen molar-refractivity contribution >= 4 is 0 Å². The average molecular weight is 280 g/mol. The monoisotopic (exact) mass is 280 g/mol. The van der Waals surface area contributed by atoms with Crippen molar-refractivity contribution in [2.45, 2.75) is 6.61 Å². The summed E-state index contributed by atoms with van der Waals surface area (Å²) in [7, 11) is 0. The van der Waals surface area contributed by atoms with E-state index in [1.165, 1.54) is 12.1 Å². The third-order valence-corrected chi connectivity index (χ3v) is 2.66. The molecule has 2 rings (SSSR count). The van der Waals surface area contributed by atoms with Gasteiger partial charge in [0.1, 0.15) is 18.2 Å². The van der Waals surface area contributed by atoms with Gasteiger partial charge in [-0.2, -0.15) is 5.26 Å². The van der Waals surface area contributed by atoms with Crippen LogP contribution < -0.4 is 10.5 Å². The SMILES string of the molecule is N#Cc1cc(F)cc(COc2cccc(C#CCN)c2)c1. The summed E-state index contributed by atoms with van der Waals surface area (Å²) in [6.45, 7) is 0.478. The molecule has 3 nitrogen and oxygen atoms in total. The number of nitriles is 1. The second-order valence-corrected chi connectivity index (χ2v) is 4.28. The number of nitrogens with zero attached hydrogens (tertiary/aromatic N) is 1. The normalized spacial score (nSPS) is 9.38. The van der Waals surface area contributed by atoms with Gasteiger partial charge < -0.3 is 10.5 Å². The summed E-state index contributed by atoms with van der Waals surface area (Å²) in [4.78, 5) is 0. The minimum atomic E-state index is -0.449. The lowest BCUT2D eigenvalue weighted by Crippen LogP contribution is -1.97. The Morgan fingerprint density at radius 3 is 2.76 bits per heavy atom. The predicted molar refractivity (Wildman–Crippen MR) is 77.8 cm³/mol. The van der Waals surface area contributed by atoms with Crippen LogP contribution in [-0.2, 0) is 6.61 Å². The van der Waals surface area contributed by atoms with E-state index in [1.807, 2.05) is 18.2 Å². The van der Waals surface area contributed by atoms with Crippen molar-refractivity contribution in [3.8, 4) is 23.7 Å². The first-order chi connectivity index (χ1) is 10.2. The molecule has 4 heteroatoms. The summed E-state index contributed by atoms with van der Waals surface area (Å²) in [6.07, 6.45) is 0. The van der Waals surface area contributed by atoms with Gasteiger partial charge in [-0.15, -0.1) is 0 Å². The molecule has 0 aromatic heterocycles. The smallest absolute Gasteiger partial charge is 0.124 e. The van der Waals surface area contributed by atoms with Crippen molar-refractivity contribution in [2.24, 2.45) is 5.73 Å². The molecule has 0 aliphatic heterocycles. The molecular weight excluding hydrogens is 267 g/mol. The van der Waals surface area contributed by atoms with Crippen molar-refractivity contribution in [3.05, 3.63) is 65.0 Å². The molecule has 0 aliphatic rings. The Kier molecular flexibility index (Phi) is 4.93. The van der Waals surface area contributed by atoms with Crippen molar-refractivity contribution in [2.75, 3.05) is 6.54 Å². The van der Waals surface area contributed by atoms with Crippen molar-refractivity contribution in [1.82, 2.24) is 0 Å². The lowest BCUT2D eigenvalue weighted by molar-refractivity contribution is 0.305. The molecule has 0 saturated carbocycles. The zero-order valence-electron chi connectivity index (χ0n) is 11.3. The average Bonchev–Trinajstić information content (AvgIpc) is 2.51. The third-order valence-electron chi connectivity index (χ3n) is 2.66. The van der Waals surface area contributed by atoms with Crippen LogP contribution in [0.25, 0.3) is 0 Å². The Hall–Kier alpha value is -2.82. The Bertz CT molecular complexity index is 738. The van der Waals surface area contributed by atoms with Crippen LogP contribution in [0, 0.1) is 29.0 Å². The molecule has 0 bridgehead atoms. The van der Waals surface area contributed by atoms with Crippen molar-refractivity contribution in [1.29, 1.82) is 5.26 Å². The maximum absolute atomic E-state index is 13.3. The molecular formula is C17H13FN2O. The second-order valence-electron chi connectivity index (χ2n) is 4.28. The van der Waals surface area contributed by atoms with Gasteiger partial charge in [-0.05, 0) is 42.0 Å². The van der Waals surface area contributed by atoms with Crippen LogP contribution >= 0.6 is 0 Å². The topological polar surface area (TPSA) is 59.0 Å². The fourth-order valence-corrected chi connectivity index (χ4v) is 1.78. The predicted octanol–water partition coefficient (Wildman–Crippen LogP) is 2.59. The fraction of sp³-hybridized carbons (Fsp3) is 0.118. The Labute approximate surface area is 122 Å². The van der Waals surface area contributed by atoms with Crippen LogP contribution in [0.15, 0.2) is 42.5 Å². The van der Waals surface area contributed by atoms with E-state index in [4.69, 9.17) is 15.7 Å². The van der Waals surface area contributed by atoms with Gasteiger partial charge in [0.15, 0.2) is 0 Å². The number of hydrogen-bond donors (Lipinski definition) is 1. The third kappa shape index (κ3) is 4.35. The summed E-state index contributed by atoms with van der Waals surface area (Å²) in [5, 5.41) is 8.81. The van der Waals surface area contributed by atoms with Gasteiger partial charge in [0.05, 0.1) is 18.2 Å². The first-order valence-electron chi connectivity index (χ1n) is 6.32. The molecule has 0 spiro atoms. The lowest BCUT2D eigenvalue weighted by Gasteiger charge is -2.07. The quantitative estimate of drug-likeness (QED) is 0.879. The maximum Gasteiger partial charge on any atom is 0.124 e. The van der Waals surface area contributed by atoms with Gasteiger partial charge in [-0.3, -0.25) is 0 Å². The van der Waals surface area contributed by atoms with E-state index in [0.717, 1.165) is 5.56 Å². The number of halogens is 1. The summed E-state index contributed by atoms with van der Waals surface area (Å²) in [5.74, 6) is 5.85. The molecule has 21 heavy (non-hydrogen) atoms. The van der Waals surface area contributed by atoms with E-state index in [2.05, 4.69) is 11.8 Å². The first-order valence-corrected chi connectivity index (χ1v) is 6.32. The molecule has 0 radical (unpaired) electrons. The van der Waals surface area contributed by atoms with Gasteiger partial charge in [-0.25, -0.2) is 4.39 Å². The van der Waals surface area contributed by atoms with E-state index < -0.39 is 5.82 Å². The molecule has 0 heterocycles. The molecule has 0 saturated heterocycles. The summed E-state index contributed by atoms with van der Waals surface area (Å²) in [6, 6.07) is 13.3. The second kappa shape index (κ2) is 7.09. The van der Waals surface area contributed by atoms with Crippen LogP contribution in [0.2, 0.25) is 0 Å². The largest absolute Gasteiger partial charge is 0.489 e. The molecule has 2 aromatic carbocycles. The zero-order chi connectivity index (χ0) is 15.1. The minimum absolute atomic E-state index is 0.181. The first kappa shape index (κ1) is 14.6. The highest BCUT2D eigenvalue weighted by Crippen LogP contribution is 2.16. The number of nitrogens with two attached hydrogens (primary N) is 1. The Morgan fingerprint density at radius 2 is 2.00 bits per heavy atom. The molecule has 104 valence electrons. The van der Waals surface area contributed by atoms with E-state index in [-0.39, 0.29) is 12.2 Å². The lowest BCUT2D eigenvalue weighted by atomic mass is 10.1. The summed E-state index contributed by atoms with van der Waals surface area (Å²) < 4.78 is 18.9. The number of ether oxygens (including phenoxy) is 1. The molecule has 2 aromatic rings. The molecule has 2 N–H and O–H groups in total. The molecule has 0 unspecified atom stereocenters. The van der Waals surface area contributed by atoms with Crippen molar-refractivity contribution in [3.63, 3.8) is 0 Å². The van der Waals surface area contributed by atoms with Crippen LogP contribution in [0.4, 0.5) is 4.39 Å². The summed E-state index contributed by atoms with van der Waals surface area (Å²) in [5.41, 5.74) is 7.00. The van der Waals surface area contributed by atoms with Gasteiger partial charge in [-0.1, -0.05) is 17.9 Å². The van der Waals surface area contributed by atoms with E-state index in [0.29, 0.717) is 17.9 Å².